The minimum atomic E-state index is 0.000458. The quantitative estimate of drug-likeness (QED) is 0.773. The molecule has 1 aliphatic heterocycles. The van der Waals surface area contributed by atoms with Crippen molar-refractivity contribution in [2.75, 3.05) is 50.1 Å². The first kappa shape index (κ1) is 18.2. The molecular weight excluding hydrogens is 350 g/mol. The molecule has 0 spiro atoms. The van der Waals surface area contributed by atoms with Crippen molar-refractivity contribution in [1.82, 2.24) is 14.9 Å². The Morgan fingerprint density at radius 2 is 1.77 bits per heavy atom. The van der Waals surface area contributed by atoms with Crippen LogP contribution in [-0.4, -0.2) is 61.0 Å². The lowest BCUT2D eigenvalue weighted by Crippen LogP contribution is -2.48. The third-order valence-electron chi connectivity index (χ3n) is 4.26. The molecule has 1 aromatic carbocycles. The summed E-state index contributed by atoms with van der Waals surface area (Å²) in [5.74, 6) is 0.643. The highest BCUT2D eigenvalue weighted by Gasteiger charge is 2.20. The second kappa shape index (κ2) is 8.19. The zero-order chi connectivity index (χ0) is 18.5. The first-order valence-electron chi connectivity index (χ1n) is 8.50. The van der Waals surface area contributed by atoms with Gasteiger partial charge in [0.25, 0.3) is 0 Å². The van der Waals surface area contributed by atoms with Crippen LogP contribution in [0.4, 0.5) is 11.6 Å². The summed E-state index contributed by atoms with van der Waals surface area (Å²) in [6, 6.07) is 7.80. The summed E-state index contributed by atoms with van der Waals surface area (Å²) < 4.78 is 0. The summed E-state index contributed by atoms with van der Waals surface area (Å²) in [5, 5.41) is 0.744. The minimum absolute atomic E-state index is 0.000458. The van der Waals surface area contributed by atoms with Crippen LogP contribution in [-0.2, 0) is 4.79 Å². The highest BCUT2D eigenvalue weighted by Crippen LogP contribution is 2.26. The maximum absolute atomic E-state index is 12.4. The van der Waals surface area contributed by atoms with Crippen LogP contribution >= 0.6 is 11.6 Å². The fraction of sp³-hybridized carbons (Fsp3) is 0.316. The van der Waals surface area contributed by atoms with Gasteiger partial charge in [0.15, 0.2) is 0 Å². The number of benzene rings is 1. The van der Waals surface area contributed by atoms with E-state index in [4.69, 9.17) is 11.6 Å². The van der Waals surface area contributed by atoms with Crippen molar-refractivity contribution in [2.24, 2.45) is 0 Å². The molecule has 7 heteroatoms. The molecule has 1 fully saturated rings. The fourth-order valence-corrected chi connectivity index (χ4v) is 3.05. The molecule has 0 atom stereocenters. The maximum atomic E-state index is 12.4. The third-order valence-corrected chi connectivity index (χ3v) is 4.58. The number of halogens is 1. The van der Waals surface area contributed by atoms with E-state index in [1.54, 1.807) is 24.5 Å². The number of hydrogen-bond acceptors (Lipinski definition) is 5. The highest BCUT2D eigenvalue weighted by atomic mass is 35.5. The summed E-state index contributed by atoms with van der Waals surface area (Å²) in [4.78, 5) is 26.8. The Bertz CT molecular complexity index is 783. The molecule has 0 aliphatic carbocycles. The van der Waals surface area contributed by atoms with Crippen molar-refractivity contribution in [3.05, 3.63) is 53.3 Å². The lowest BCUT2D eigenvalue weighted by atomic mass is 10.2. The van der Waals surface area contributed by atoms with Crippen molar-refractivity contribution in [1.29, 1.82) is 0 Å². The number of carbonyl (C=O) groups excluding carboxylic acids is 1. The molecule has 26 heavy (non-hydrogen) atoms. The molecule has 1 aliphatic rings. The zero-order valence-electron chi connectivity index (χ0n) is 15.0. The monoisotopic (exact) mass is 371 g/mol. The average Bonchev–Trinajstić information content (AvgIpc) is 2.67. The molecular formula is C19H22ClN5O. The van der Waals surface area contributed by atoms with Crippen LogP contribution in [0.3, 0.4) is 0 Å². The molecule has 0 saturated carbocycles. The molecule has 2 heterocycles. The fourth-order valence-electron chi connectivity index (χ4n) is 2.80. The number of rotatable bonds is 4. The van der Waals surface area contributed by atoms with Gasteiger partial charge in [0.2, 0.25) is 11.9 Å². The molecule has 1 amide bonds. The van der Waals surface area contributed by atoms with Crippen LogP contribution in [0.15, 0.2) is 42.7 Å². The molecule has 136 valence electrons. The molecule has 2 aromatic rings. The normalized spacial score (nSPS) is 14.7. The van der Waals surface area contributed by atoms with Crippen LogP contribution in [0.1, 0.15) is 5.56 Å². The first-order chi connectivity index (χ1) is 12.5. The van der Waals surface area contributed by atoms with E-state index in [1.165, 1.54) is 0 Å². The number of para-hydroxylation sites is 1. The van der Waals surface area contributed by atoms with Gasteiger partial charge in [-0.2, -0.15) is 0 Å². The Labute approximate surface area is 158 Å². The third kappa shape index (κ3) is 4.32. The highest BCUT2D eigenvalue weighted by molar-refractivity contribution is 6.33. The molecule has 1 aromatic heterocycles. The van der Waals surface area contributed by atoms with Gasteiger partial charge in [-0.15, -0.1) is 0 Å². The molecule has 0 radical (unpaired) electrons. The molecule has 1 saturated heterocycles. The molecule has 0 unspecified atom stereocenters. The molecule has 0 N–H and O–H groups in total. The van der Waals surface area contributed by atoms with Gasteiger partial charge in [-0.05, 0) is 18.2 Å². The SMILES string of the molecule is CN(C)c1ncc(/C=C/C(=O)N2CCN(c3ccccc3Cl)CC2)cn1. The lowest BCUT2D eigenvalue weighted by Gasteiger charge is -2.36. The number of amides is 1. The number of aromatic nitrogens is 2. The van der Waals surface area contributed by atoms with Gasteiger partial charge in [-0.1, -0.05) is 23.7 Å². The van der Waals surface area contributed by atoms with E-state index in [1.807, 2.05) is 48.2 Å². The van der Waals surface area contributed by atoms with Gasteiger partial charge in [-0.25, -0.2) is 9.97 Å². The van der Waals surface area contributed by atoms with Crippen molar-refractivity contribution < 1.29 is 4.79 Å². The lowest BCUT2D eigenvalue weighted by molar-refractivity contribution is -0.126. The predicted octanol–water partition coefficient (Wildman–Crippen LogP) is 2.56. The van der Waals surface area contributed by atoms with Gasteiger partial charge in [0.1, 0.15) is 0 Å². The van der Waals surface area contributed by atoms with Crippen LogP contribution in [0.2, 0.25) is 5.02 Å². The summed E-state index contributed by atoms with van der Waals surface area (Å²) in [6.07, 6.45) is 6.75. The van der Waals surface area contributed by atoms with E-state index in [2.05, 4.69) is 14.9 Å². The maximum Gasteiger partial charge on any atom is 0.246 e. The van der Waals surface area contributed by atoms with Crippen LogP contribution < -0.4 is 9.80 Å². The molecule has 3 rings (SSSR count). The standard InChI is InChI=1S/C19H22ClN5O/c1-23(2)19-21-13-15(14-22-19)7-8-18(26)25-11-9-24(10-12-25)17-6-4-3-5-16(17)20/h3-8,13-14H,9-12H2,1-2H3/b8-7+. The second-order valence-corrected chi connectivity index (χ2v) is 6.72. The summed E-state index contributed by atoms with van der Waals surface area (Å²) in [6.45, 7) is 2.88. The van der Waals surface area contributed by atoms with Crippen LogP contribution in [0.5, 0.6) is 0 Å². The molecule has 6 nitrogen and oxygen atoms in total. The largest absolute Gasteiger partial charge is 0.367 e. The zero-order valence-corrected chi connectivity index (χ0v) is 15.7. The van der Waals surface area contributed by atoms with E-state index >= 15 is 0 Å². The first-order valence-corrected chi connectivity index (χ1v) is 8.88. The number of hydrogen-bond donors (Lipinski definition) is 0. The Balaban J connectivity index is 1.56. The topological polar surface area (TPSA) is 52.6 Å². The van der Waals surface area contributed by atoms with E-state index in [0.29, 0.717) is 19.0 Å². The van der Waals surface area contributed by atoms with Crippen molar-refractivity contribution in [3.63, 3.8) is 0 Å². The Hall–Kier alpha value is -2.60. The van der Waals surface area contributed by atoms with Gasteiger partial charge < -0.3 is 14.7 Å². The van der Waals surface area contributed by atoms with Crippen LogP contribution in [0, 0.1) is 0 Å². The van der Waals surface area contributed by atoms with E-state index in [-0.39, 0.29) is 5.91 Å². The number of anilines is 2. The van der Waals surface area contributed by atoms with Gasteiger partial charge in [0, 0.05) is 64.3 Å². The summed E-state index contributed by atoms with van der Waals surface area (Å²) in [5.41, 5.74) is 1.83. The van der Waals surface area contributed by atoms with Crippen molar-refractivity contribution in [2.45, 2.75) is 0 Å². The van der Waals surface area contributed by atoms with Gasteiger partial charge in [-0.3, -0.25) is 4.79 Å². The van der Waals surface area contributed by atoms with E-state index in [0.717, 1.165) is 29.4 Å². The number of nitrogens with zero attached hydrogens (tertiary/aromatic N) is 5. The Kier molecular flexibility index (Phi) is 5.73. The molecule has 0 bridgehead atoms. The predicted molar refractivity (Wildman–Crippen MR) is 106 cm³/mol. The van der Waals surface area contributed by atoms with Crippen molar-refractivity contribution >= 4 is 35.2 Å². The summed E-state index contributed by atoms with van der Waals surface area (Å²) >= 11 is 6.26. The number of piperazine rings is 1. The van der Waals surface area contributed by atoms with E-state index in [9.17, 15) is 4.79 Å². The van der Waals surface area contributed by atoms with E-state index < -0.39 is 0 Å². The Morgan fingerprint density at radius 1 is 1.12 bits per heavy atom. The van der Waals surface area contributed by atoms with Gasteiger partial charge in [0.05, 0.1) is 10.7 Å². The summed E-state index contributed by atoms with van der Waals surface area (Å²) in [7, 11) is 3.77. The smallest absolute Gasteiger partial charge is 0.246 e. The Morgan fingerprint density at radius 3 is 2.38 bits per heavy atom. The average molecular weight is 372 g/mol. The minimum Gasteiger partial charge on any atom is -0.367 e. The van der Waals surface area contributed by atoms with Crippen LogP contribution in [0.25, 0.3) is 6.08 Å². The number of carbonyl (C=O) groups is 1. The van der Waals surface area contributed by atoms with Crippen molar-refractivity contribution in [3.8, 4) is 0 Å². The van der Waals surface area contributed by atoms with Gasteiger partial charge >= 0.3 is 0 Å². The second-order valence-electron chi connectivity index (χ2n) is 6.31.